The summed E-state index contributed by atoms with van der Waals surface area (Å²) in [6.45, 7) is 2.22. The Morgan fingerprint density at radius 2 is 1.81 bits per heavy atom. The summed E-state index contributed by atoms with van der Waals surface area (Å²) in [6, 6.07) is 15.6. The second kappa shape index (κ2) is 10.2. The van der Waals surface area contributed by atoms with Crippen LogP contribution < -0.4 is 19.8 Å². The number of nitrogens with zero attached hydrogens (tertiary/aromatic N) is 1. The van der Waals surface area contributed by atoms with Crippen LogP contribution in [0.1, 0.15) is 21.6 Å². The third kappa shape index (κ3) is 5.08. The van der Waals surface area contributed by atoms with Gasteiger partial charge in [-0.25, -0.2) is 4.79 Å². The van der Waals surface area contributed by atoms with Crippen molar-refractivity contribution in [2.24, 2.45) is 0 Å². The first-order valence-electron chi connectivity index (χ1n) is 9.73. The maximum absolute atomic E-state index is 12.1. The summed E-state index contributed by atoms with van der Waals surface area (Å²) in [4.78, 5) is 26.3. The van der Waals surface area contributed by atoms with E-state index < -0.39 is 11.5 Å². The lowest BCUT2D eigenvalue weighted by atomic mass is 10.0. The molecule has 0 radical (unpaired) electrons. The number of nitrogens with one attached hydrogen (secondary N) is 1. The number of ether oxygens (including phenoxy) is 4. The predicted octanol–water partition coefficient (Wildman–Crippen LogP) is 3.48. The number of carbonyl (C=O) groups is 1. The standard InChI is InChI=1S/C24H22N2O6/c1-15-11-19(20(14-25)23(27)26-15)16-7-8-21(22(13-16)29-2)32-10-9-31-18-6-4-5-17(12-18)24(28)30-3/h4-8,11-13H,9-10H2,1-3H3,(H,26,27). The Morgan fingerprint density at radius 1 is 1.03 bits per heavy atom. The molecule has 8 heteroatoms. The number of hydrogen-bond donors (Lipinski definition) is 1. The van der Waals surface area contributed by atoms with Gasteiger partial charge in [0.25, 0.3) is 5.56 Å². The van der Waals surface area contributed by atoms with E-state index in [1.165, 1.54) is 14.2 Å². The number of carbonyl (C=O) groups excluding carboxylic acids is 1. The molecule has 3 aromatic rings. The van der Waals surface area contributed by atoms with Crippen LogP contribution in [0.3, 0.4) is 0 Å². The number of hydrogen-bond acceptors (Lipinski definition) is 7. The van der Waals surface area contributed by atoms with Gasteiger partial charge in [-0.15, -0.1) is 0 Å². The largest absolute Gasteiger partial charge is 0.493 e. The van der Waals surface area contributed by atoms with Crippen molar-refractivity contribution in [3.05, 3.63) is 75.7 Å². The summed E-state index contributed by atoms with van der Waals surface area (Å²) in [7, 11) is 2.83. The normalized spacial score (nSPS) is 10.2. The second-order valence-corrected chi connectivity index (χ2v) is 6.76. The molecule has 0 saturated carbocycles. The summed E-state index contributed by atoms with van der Waals surface area (Å²) >= 11 is 0. The van der Waals surface area contributed by atoms with Gasteiger partial charge in [0.15, 0.2) is 11.5 Å². The minimum absolute atomic E-state index is 0.0360. The molecular formula is C24H22N2O6. The molecule has 0 saturated heterocycles. The van der Waals surface area contributed by atoms with E-state index in [-0.39, 0.29) is 18.8 Å². The first-order valence-corrected chi connectivity index (χ1v) is 9.73. The maximum Gasteiger partial charge on any atom is 0.337 e. The zero-order valence-corrected chi connectivity index (χ0v) is 17.9. The molecule has 0 amide bonds. The van der Waals surface area contributed by atoms with Gasteiger partial charge >= 0.3 is 5.97 Å². The number of rotatable bonds is 8. The van der Waals surface area contributed by atoms with Crippen molar-refractivity contribution in [2.45, 2.75) is 6.92 Å². The zero-order valence-electron chi connectivity index (χ0n) is 17.9. The molecule has 2 aromatic carbocycles. The van der Waals surface area contributed by atoms with Gasteiger partial charge < -0.3 is 23.9 Å². The van der Waals surface area contributed by atoms with Gasteiger partial charge in [-0.2, -0.15) is 5.26 Å². The molecule has 1 N–H and O–H groups in total. The van der Waals surface area contributed by atoms with Crippen LogP contribution in [0.15, 0.2) is 53.3 Å². The molecule has 164 valence electrons. The summed E-state index contributed by atoms with van der Waals surface area (Å²) in [5.41, 5.74) is 1.83. The van der Waals surface area contributed by atoms with Crippen molar-refractivity contribution in [3.63, 3.8) is 0 Å². The summed E-state index contributed by atoms with van der Waals surface area (Å²) in [5, 5.41) is 9.37. The molecule has 0 atom stereocenters. The Balaban J connectivity index is 1.70. The molecule has 0 aliphatic heterocycles. The van der Waals surface area contributed by atoms with E-state index >= 15 is 0 Å². The Labute approximate surface area is 184 Å². The van der Waals surface area contributed by atoms with Gasteiger partial charge in [0, 0.05) is 11.3 Å². The third-order valence-electron chi connectivity index (χ3n) is 4.62. The molecule has 1 heterocycles. The SMILES string of the molecule is COC(=O)c1cccc(OCCOc2ccc(-c3cc(C)[nH]c(=O)c3C#N)cc2OC)c1. The highest BCUT2D eigenvalue weighted by molar-refractivity contribution is 5.89. The Morgan fingerprint density at radius 3 is 2.53 bits per heavy atom. The maximum atomic E-state index is 12.1. The van der Waals surface area contributed by atoms with Gasteiger partial charge in [0.05, 0.1) is 19.8 Å². The predicted molar refractivity (Wildman–Crippen MR) is 117 cm³/mol. The van der Waals surface area contributed by atoms with Crippen molar-refractivity contribution in [1.82, 2.24) is 4.98 Å². The van der Waals surface area contributed by atoms with Gasteiger partial charge in [0.1, 0.15) is 30.6 Å². The van der Waals surface area contributed by atoms with Crippen molar-refractivity contribution < 1.29 is 23.7 Å². The number of esters is 1. The first-order chi connectivity index (χ1) is 15.5. The van der Waals surface area contributed by atoms with Crippen LogP contribution >= 0.6 is 0 Å². The van der Waals surface area contributed by atoms with E-state index in [4.69, 9.17) is 18.9 Å². The fraction of sp³-hybridized carbons (Fsp3) is 0.208. The number of benzene rings is 2. The second-order valence-electron chi connectivity index (χ2n) is 6.76. The fourth-order valence-corrected chi connectivity index (χ4v) is 3.12. The molecule has 3 rings (SSSR count). The number of aromatic nitrogens is 1. The summed E-state index contributed by atoms with van der Waals surface area (Å²) in [5.74, 6) is 1.03. The van der Waals surface area contributed by atoms with Crippen LogP contribution in [-0.4, -0.2) is 38.4 Å². The fourth-order valence-electron chi connectivity index (χ4n) is 3.12. The zero-order chi connectivity index (χ0) is 23.1. The van der Waals surface area contributed by atoms with E-state index in [0.717, 1.165) is 0 Å². The van der Waals surface area contributed by atoms with Crippen LogP contribution in [0.25, 0.3) is 11.1 Å². The topological polar surface area (TPSA) is 111 Å². The van der Waals surface area contributed by atoms with Crippen LogP contribution in [0, 0.1) is 18.3 Å². The molecule has 32 heavy (non-hydrogen) atoms. The van der Waals surface area contributed by atoms with Crippen LogP contribution in [0.2, 0.25) is 0 Å². The van der Waals surface area contributed by atoms with Crippen molar-refractivity contribution in [3.8, 4) is 34.4 Å². The van der Waals surface area contributed by atoms with Gasteiger partial charge in [0.2, 0.25) is 0 Å². The van der Waals surface area contributed by atoms with Gasteiger partial charge in [-0.3, -0.25) is 4.79 Å². The number of methoxy groups -OCH3 is 2. The summed E-state index contributed by atoms with van der Waals surface area (Å²) in [6.07, 6.45) is 0. The molecule has 0 fully saturated rings. The Bertz CT molecular complexity index is 1230. The molecule has 0 aliphatic carbocycles. The van der Waals surface area contributed by atoms with Crippen LogP contribution in [0.5, 0.6) is 17.2 Å². The van der Waals surface area contributed by atoms with E-state index in [1.54, 1.807) is 55.5 Å². The van der Waals surface area contributed by atoms with E-state index in [9.17, 15) is 14.9 Å². The molecule has 0 bridgehead atoms. The third-order valence-corrected chi connectivity index (χ3v) is 4.62. The first kappa shape index (κ1) is 22.4. The lowest BCUT2D eigenvalue weighted by Gasteiger charge is -2.14. The van der Waals surface area contributed by atoms with Crippen molar-refractivity contribution in [2.75, 3.05) is 27.4 Å². The van der Waals surface area contributed by atoms with Crippen LogP contribution in [-0.2, 0) is 4.74 Å². The van der Waals surface area contributed by atoms with Crippen molar-refractivity contribution >= 4 is 5.97 Å². The van der Waals surface area contributed by atoms with E-state index in [1.807, 2.05) is 6.07 Å². The lowest BCUT2D eigenvalue weighted by molar-refractivity contribution is 0.0600. The lowest BCUT2D eigenvalue weighted by Crippen LogP contribution is -2.13. The Hall–Kier alpha value is -4.25. The molecular weight excluding hydrogens is 412 g/mol. The smallest absolute Gasteiger partial charge is 0.337 e. The highest BCUT2D eigenvalue weighted by Gasteiger charge is 2.13. The average molecular weight is 434 g/mol. The number of pyridine rings is 1. The Kier molecular flexibility index (Phi) is 7.13. The molecule has 0 unspecified atom stereocenters. The minimum atomic E-state index is -0.438. The number of H-pyrrole nitrogens is 1. The minimum Gasteiger partial charge on any atom is -0.493 e. The number of aryl methyl sites for hydroxylation is 1. The summed E-state index contributed by atoms with van der Waals surface area (Å²) < 4.78 is 21.5. The van der Waals surface area contributed by atoms with Gasteiger partial charge in [-0.05, 0) is 48.9 Å². The molecule has 0 spiro atoms. The molecule has 1 aromatic heterocycles. The van der Waals surface area contributed by atoms with E-state index in [0.29, 0.717) is 39.6 Å². The van der Waals surface area contributed by atoms with Crippen LogP contribution in [0.4, 0.5) is 0 Å². The average Bonchev–Trinajstić information content (AvgIpc) is 2.81. The monoisotopic (exact) mass is 434 g/mol. The van der Waals surface area contributed by atoms with Crippen molar-refractivity contribution in [1.29, 1.82) is 5.26 Å². The van der Waals surface area contributed by atoms with Gasteiger partial charge in [-0.1, -0.05) is 12.1 Å². The number of aromatic amines is 1. The highest BCUT2D eigenvalue weighted by Crippen LogP contribution is 2.33. The quantitative estimate of drug-likeness (QED) is 0.427. The highest BCUT2D eigenvalue weighted by atomic mass is 16.5. The molecule has 8 nitrogen and oxygen atoms in total. The number of nitriles is 1. The van der Waals surface area contributed by atoms with E-state index in [2.05, 4.69) is 4.98 Å². The molecule has 0 aliphatic rings.